The third-order valence-corrected chi connectivity index (χ3v) is 5.44. The van der Waals surface area contributed by atoms with E-state index in [1.165, 1.54) is 38.5 Å². The van der Waals surface area contributed by atoms with Crippen LogP contribution >= 0.6 is 0 Å². The van der Waals surface area contributed by atoms with Gasteiger partial charge >= 0.3 is 0 Å². The standard InChI is InChI=1S/C19H29N/c1-14(2)20-19-13-17-11-7-6-10-16(17)12-18(19)15-8-4-3-5-9-15/h3-5,8-9,14,16-20H,6-7,10-13H2,1-2H3. The van der Waals surface area contributed by atoms with Gasteiger partial charge in [0.05, 0.1) is 0 Å². The van der Waals surface area contributed by atoms with Gasteiger partial charge in [0.15, 0.2) is 0 Å². The highest BCUT2D eigenvalue weighted by molar-refractivity contribution is 5.22. The topological polar surface area (TPSA) is 12.0 Å². The molecule has 1 N–H and O–H groups in total. The van der Waals surface area contributed by atoms with Gasteiger partial charge in [0.2, 0.25) is 0 Å². The van der Waals surface area contributed by atoms with Crippen LogP contribution in [0.5, 0.6) is 0 Å². The Morgan fingerprint density at radius 3 is 2.25 bits per heavy atom. The maximum Gasteiger partial charge on any atom is 0.0141 e. The van der Waals surface area contributed by atoms with Crippen molar-refractivity contribution in [3.8, 4) is 0 Å². The second-order valence-electron chi connectivity index (χ2n) is 7.22. The average molecular weight is 271 g/mol. The van der Waals surface area contributed by atoms with Crippen molar-refractivity contribution in [1.82, 2.24) is 5.32 Å². The molecule has 1 aromatic rings. The SMILES string of the molecule is CC(C)NC1CC2CCCCC2CC1c1ccccc1. The molecule has 2 saturated carbocycles. The van der Waals surface area contributed by atoms with Crippen molar-refractivity contribution in [2.24, 2.45) is 11.8 Å². The molecule has 0 amide bonds. The molecule has 2 aliphatic rings. The van der Waals surface area contributed by atoms with E-state index in [2.05, 4.69) is 49.5 Å². The lowest BCUT2D eigenvalue weighted by Crippen LogP contribution is -2.46. The zero-order valence-electron chi connectivity index (χ0n) is 13.0. The first kappa shape index (κ1) is 14.1. The highest BCUT2D eigenvalue weighted by atomic mass is 14.9. The van der Waals surface area contributed by atoms with Gasteiger partial charge in [-0.1, -0.05) is 69.9 Å². The summed E-state index contributed by atoms with van der Waals surface area (Å²) in [5.74, 6) is 2.69. The van der Waals surface area contributed by atoms with Crippen LogP contribution in [-0.2, 0) is 0 Å². The highest BCUT2D eigenvalue weighted by Gasteiger charge is 2.38. The smallest absolute Gasteiger partial charge is 0.0141 e. The molecule has 4 unspecified atom stereocenters. The zero-order chi connectivity index (χ0) is 13.9. The van der Waals surface area contributed by atoms with Gasteiger partial charge < -0.3 is 5.32 Å². The molecule has 2 aliphatic carbocycles. The lowest BCUT2D eigenvalue weighted by atomic mass is 9.64. The Kier molecular flexibility index (Phi) is 4.45. The maximum absolute atomic E-state index is 3.86. The molecule has 0 saturated heterocycles. The first-order valence-corrected chi connectivity index (χ1v) is 8.55. The number of hydrogen-bond acceptors (Lipinski definition) is 1. The fraction of sp³-hybridized carbons (Fsp3) is 0.684. The summed E-state index contributed by atoms with van der Waals surface area (Å²) < 4.78 is 0. The van der Waals surface area contributed by atoms with Crippen molar-refractivity contribution in [1.29, 1.82) is 0 Å². The van der Waals surface area contributed by atoms with Crippen LogP contribution in [0.3, 0.4) is 0 Å². The van der Waals surface area contributed by atoms with Gasteiger partial charge in [-0.15, -0.1) is 0 Å². The third-order valence-electron chi connectivity index (χ3n) is 5.44. The Morgan fingerprint density at radius 2 is 1.60 bits per heavy atom. The number of hydrogen-bond donors (Lipinski definition) is 1. The lowest BCUT2D eigenvalue weighted by Gasteiger charge is -2.45. The van der Waals surface area contributed by atoms with Gasteiger partial charge in [-0.2, -0.15) is 0 Å². The Hall–Kier alpha value is -0.820. The van der Waals surface area contributed by atoms with E-state index in [9.17, 15) is 0 Å². The van der Waals surface area contributed by atoms with E-state index in [-0.39, 0.29) is 0 Å². The van der Waals surface area contributed by atoms with Crippen LogP contribution in [0.15, 0.2) is 30.3 Å². The van der Waals surface area contributed by atoms with Crippen molar-refractivity contribution in [3.63, 3.8) is 0 Å². The summed E-state index contributed by atoms with van der Waals surface area (Å²) in [7, 11) is 0. The molecule has 110 valence electrons. The van der Waals surface area contributed by atoms with E-state index in [0.717, 1.165) is 17.8 Å². The second-order valence-corrected chi connectivity index (χ2v) is 7.22. The molecule has 0 aromatic heterocycles. The molecule has 0 heterocycles. The summed E-state index contributed by atoms with van der Waals surface area (Å²) >= 11 is 0. The number of benzene rings is 1. The van der Waals surface area contributed by atoms with E-state index in [0.29, 0.717) is 12.1 Å². The summed E-state index contributed by atoms with van der Waals surface area (Å²) in [6.07, 6.45) is 8.67. The summed E-state index contributed by atoms with van der Waals surface area (Å²) in [4.78, 5) is 0. The summed E-state index contributed by atoms with van der Waals surface area (Å²) in [5, 5.41) is 3.86. The third kappa shape index (κ3) is 3.09. The van der Waals surface area contributed by atoms with E-state index >= 15 is 0 Å². The fourth-order valence-electron chi connectivity index (χ4n) is 4.57. The van der Waals surface area contributed by atoms with Crippen LogP contribution < -0.4 is 5.32 Å². The maximum atomic E-state index is 3.86. The van der Waals surface area contributed by atoms with Crippen LogP contribution in [-0.4, -0.2) is 12.1 Å². The Balaban J connectivity index is 1.80. The molecule has 0 aliphatic heterocycles. The zero-order valence-corrected chi connectivity index (χ0v) is 13.0. The monoisotopic (exact) mass is 271 g/mol. The fourth-order valence-corrected chi connectivity index (χ4v) is 4.57. The van der Waals surface area contributed by atoms with Gasteiger partial charge in [0.1, 0.15) is 0 Å². The first-order chi connectivity index (χ1) is 9.74. The first-order valence-electron chi connectivity index (χ1n) is 8.55. The van der Waals surface area contributed by atoms with Crippen molar-refractivity contribution in [2.75, 3.05) is 0 Å². The molecule has 2 fully saturated rings. The molecular weight excluding hydrogens is 242 g/mol. The minimum Gasteiger partial charge on any atom is -0.311 e. The van der Waals surface area contributed by atoms with Gasteiger partial charge in [-0.25, -0.2) is 0 Å². The minimum absolute atomic E-state index is 0.589. The average Bonchev–Trinajstić information content (AvgIpc) is 2.47. The predicted molar refractivity (Wildman–Crippen MR) is 85.9 cm³/mol. The molecule has 0 spiro atoms. The Morgan fingerprint density at radius 1 is 0.950 bits per heavy atom. The number of fused-ring (bicyclic) bond motifs is 1. The Labute approximate surface area is 124 Å². The molecule has 1 aromatic carbocycles. The van der Waals surface area contributed by atoms with Crippen molar-refractivity contribution in [2.45, 2.75) is 70.4 Å². The van der Waals surface area contributed by atoms with Crippen LogP contribution in [0, 0.1) is 11.8 Å². The van der Waals surface area contributed by atoms with Crippen LogP contribution in [0.1, 0.15) is 63.9 Å². The van der Waals surface area contributed by atoms with Crippen molar-refractivity contribution in [3.05, 3.63) is 35.9 Å². The predicted octanol–water partition coefficient (Wildman–Crippen LogP) is 4.74. The van der Waals surface area contributed by atoms with Crippen molar-refractivity contribution < 1.29 is 0 Å². The second kappa shape index (κ2) is 6.30. The van der Waals surface area contributed by atoms with Gasteiger partial charge in [-0.3, -0.25) is 0 Å². The van der Waals surface area contributed by atoms with E-state index in [1.807, 2.05) is 0 Å². The van der Waals surface area contributed by atoms with Crippen LogP contribution in [0.25, 0.3) is 0 Å². The largest absolute Gasteiger partial charge is 0.311 e. The molecule has 3 rings (SSSR count). The van der Waals surface area contributed by atoms with E-state index < -0.39 is 0 Å². The van der Waals surface area contributed by atoms with E-state index in [4.69, 9.17) is 0 Å². The van der Waals surface area contributed by atoms with Gasteiger partial charge in [-0.05, 0) is 36.2 Å². The molecule has 1 nitrogen and oxygen atoms in total. The molecule has 20 heavy (non-hydrogen) atoms. The Bertz CT molecular complexity index is 411. The molecule has 4 atom stereocenters. The summed E-state index contributed by atoms with van der Waals surface area (Å²) in [6.45, 7) is 4.57. The summed E-state index contributed by atoms with van der Waals surface area (Å²) in [5.41, 5.74) is 1.55. The summed E-state index contributed by atoms with van der Waals surface area (Å²) in [6, 6.07) is 12.5. The van der Waals surface area contributed by atoms with Gasteiger partial charge in [0.25, 0.3) is 0 Å². The molecular formula is C19H29N. The van der Waals surface area contributed by atoms with Crippen molar-refractivity contribution >= 4 is 0 Å². The quantitative estimate of drug-likeness (QED) is 0.837. The molecule has 0 bridgehead atoms. The molecule has 1 heteroatoms. The highest BCUT2D eigenvalue weighted by Crippen LogP contribution is 2.46. The van der Waals surface area contributed by atoms with Crippen LogP contribution in [0.4, 0.5) is 0 Å². The van der Waals surface area contributed by atoms with E-state index in [1.54, 1.807) is 5.56 Å². The normalized spacial score (nSPS) is 34.0. The number of rotatable bonds is 3. The minimum atomic E-state index is 0.589. The van der Waals surface area contributed by atoms with Gasteiger partial charge in [0, 0.05) is 12.1 Å². The van der Waals surface area contributed by atoms with Crippen LogP contribution in [0.2, 0.25) is 0 Å². The molecule has 0 radical (unpaired) electrons. The number of nitrogens with one attached hydrogen (secondary N) is 1. The lowest BCUT2D eigenvalue weighted by molar-refractivity contribution is 0.122.